The highest BCUT2D eigenvalue weighted by molar-refractivity contribution is 5.89. The smallest absolute Gasteiger partial charge is 0.224 e. The van der Waals surface area contributed by atoms with Gasteiger partial charge in [0.1, 0.15) is 17.8 Å². The van der Waals surface area contributed by atoms with Gasteiger partial charge in [0.15, 0.2) is 0 Å². The molecule has 0 spiro atoms. The normalized spacial score (nSPS) is 10.6. The molecule has 0 fully saturated rings. The van der Waals surface area contributed by atoms with Crippen LogP contribution in [0.2, 0.25) is 0 Å². The topological polar surface area (TPSA) is 75.9 Å². The van der Waals surface area contributed by atoms with Crippen LogP contribution in [0.15, 0.2) is 41.1 Å². The van der Waals surface area contributed by atoms with E-state index < -0.39 is 0 Å². The molecule has 0 atom stereocenters. The van der Waals surface area contributed by atoms with Crippen LogP contribution < -0.4 is 10.6 Å². The highest BCUT2D eigenvalue weighted by atomic mass is 16.5. The molecule has 19 heavy (non-hydrogen) atoms. The minimum Gasteiger partial charge on any atom is -0.364 e. The van der Waals surface area contributed by atoms with Crippen molar-refractivity contribution in [2.45, 2.75) is 6.54 Å². The molecule has 0 amide bonds. The van der Waals surface area contributed by atoms with Gasteiger partial charge in [-0.3, -0.25) is 0 Å². The third-order valence-corrected chi connectivity index (χ3v) is 2.76. The van der Waals surface area contributed by atoms with Crippen molar-refractivity contribution in [1.29, 1.82) is 0 Å². The minimum atomic E-state index is 0.556. The summed E-state index contributed by atoms with van der Waals surface area (Å²) in [5.74, 6) is 1.36. The second-order valence-electron chi connectivity index (χ2n) is 4.01. The summed E-state index contributed by atoms with van der Waals surface area (Å²) in [6.45, 7) is 0.556. The van der Waals surface area contributed by atoms with E-state index in [1.807, 2.05) is 30.3 Å². The van der Waals surface area contributed by atoms with Crippen molar-refractivity contribution >= 4 is 22.7 Å². The molecule has 6 heteroatoms. The Morgan fingerprint density at radius 3 is 2.84 bits per heavy atom. The molecule has 0 aliphatic carbocycles. The van der Waals surface area contributed by atoms with Crippen LogP contribution in [0.5, 0.6) is 0 Å². The monoisotopic (exact) mass is 255 g/mol. The van der Waals surface area contributed by atoms with Gasteiger partial charge >= 0.3 is 0 Å². The minimum absolute atomic E-state index is 0.556. The van der Waals surface area contributed by atoms with Crippen LogP contribution >= 0.6 is 0 Å². The zero-order valence-electron chi connectivity index (χ0n) is 10.4. The molecule has 0 aliphatic rings. The quantitative estimate of drug-likeness (QED) is 0.744. The predicted molar refractivity (Wildman–Crippen MR) is 72.9 cm³/mol. The van der Waals surface area contributed by atoms with E-state index in [4.69, 9.17) is 4.52 Å². The summed E-state index contributed by atoms with van der Waals surface area (Å²) in [5.41, 5.74) is 1.72. The van der Waals surface area contributed by atoms with E-state index in [2.05, 4.69) is 25.8 Å². The van der Waals surface area contributed by atoms with Crippen LogP contribution in [-0.4, -0.2) is 22.2 Å². The molecule has 2 heterocycles. The van der Waals surface area contributed by atoms with Crippen LogP contribution in [0.1, 0.15) is 5.69 Å². The first-order valence-electron chi connectivity index (χ1n) is 5.94. The van der Waals surface area contributed by atoms with E-state index in [9.17, 15) is 0 Å². The van der Waals surface area contributed by atoms with Crippen LogP contribution in [0.25, 0.3) is 10.9 Å². The van der Waals surface area contributed by atoms with Crippen molar-refractivity contribution in [3.05, 3.63) is 42.3 Å². The summed E-state index contributed by atoms with van der Waals surface area (Å²) in [5, 5.41) is 11.0. The molecule has 2 N–H and O–H groups in total. The van der Waals surface area contributed by atoms with Crippen molar-refractivity contribution in [2.24, 2.45) is 0 Å². The first-order valence-corrected chi connectivity index (χ1v) is 5.94. The molecule has 0 saturated carbocycles. The summed E-state index contributed by atoms with van der Waals surface area (Å²) < 4.78 is 4.80. The first kappa shape index (κ1) is 11.5. The lowest BCUT2D eigenvalue weighted by Gasteiger charge is -2.09. The number of aromatic nitrogens is 3. The summed E-state index contributed by atoms with van der Waals surface area (Å²) in [6, 6.07) is 9.68. The fourth-order valence-electron chi connectivity index (χ4n) is 1.83. The van der Waals surface area contributed by atoms with Crippen LogP contribution in [-0.2, 0) is 6.54 Å². The second-order valence-corrected chi connectivity index (χ2v) is 4.01. The van der Waals surface area contributed by atoms with Crippen LogP contribution in [0, 0.1) is 0 Å². The Labute approximate surface area is 109 Å². The lowest BCUT2D eigenvalue weighted by molar-refractivity contribution is 0.412. The van der Waals surface area contributed by atoms with E-state index in [-0.39, 0.29) is 0 Å². The Hall–Kier alpha value is -2.63. The second kappa shape index (κ2) is 4.93. The standard InChI is InChI=1S/C13H13N5O/c1-14-13-16-11-5-3-2-4-10(11)12(17-13)15-8-9-6-7-19-18-9/h2-7H,8H2,1H3,(H2,14,15,16,17). The van der Waals surface area contributed by atoms with E-state index >= 15 is 0 Å². The Kier molecular flexibility index (Phi) is 2.97. The number of nitrogens with one attached hydrogen (secondary N) is 2. The van der Waals surface area contributed by atoms with Crippen LogP contribution in [0.3, 0.4) is 0 Å². The summed E-state index contributed by atoms with van der Waals surface area (Å²) >= 11 is 0. The lowest BCUT2D eigenvalue weighted by Crippen LogP contribution is -2.05. The maximum Gasteiger partial charge on any atom is 0.224 e. The maximum absolute atomic E-state index is 4.80. The van der Waals surface area contributed by atoms with Crippen molar-refractivity contribution in [1.82, 2.24) is 15.1 Å². The number of benzene rings is 1. The highest BCUT2D eigenvalue weighted by Crippen LogP contribution is 2.21. The summed E-state index contributed by atoms with van der Waals surface area (Å²) in [4.78, 5) is 8.83. The molecule has 3 aromatic rings. The fraction of sp³-hybridized carbons (Fsp3) is 0.154. The Morgan fingerprint density at radius 1 is 1.16 bits per heavy atom. The molecule has 96 valence electrons. The van der Waals surface area contributed by atoms with Gasteiger partial charge in [0.05, 0.1) is 12.1 Å². The molecule has 6 nitrogen and oxygen atoms in total. The molecule has 0 unspecified atom stereocenters. The number of nitrogens with zero attached hydrogens (tertiary/aromatic N) is 3. The maximum atomic E-state index is 4.80. The van der Waals surface area contributed by atoms with Gasteiger partial charge in [-0.05, 0) is 12.1 Å². The Balaban J connectivity index is 1.96. The molecule has 1 aromatic carbocycles. The van der Waals surface area contributed by atoms with E-state index in [0.29, 0.717) is 12.5 Å². The fourth-order valence-corrected chi connectivity index (χ4v) is 1.83. The lowest BCUT2D eigenvalue weighted by atomic mass is 10.2. The molecule has 0 aliphatic heterocycles. The first-order chi connectivity index (χ1) is 9.36. The molecular formula is C13H13N5O. The van der Waals surface area contributed by atoms with Gasteiger partial charge in [-0.1, -0.05) is 17.3 Å². The van der Waals surface area contributed by atoms with Gasteiger partial charge in [-0.2, -0.15) is 4.98 Å². The average molecular weight is 255 g/mol. The van der Waals surface area contributed by atoms with Gasteiger partial charge in [0.25, 0.3) is 0 Å². The average Bonchev–Trinajstić information content (AvgIpc) is 2.97. The van der Waals surface area contributed by atoms with Gasteiger partial charge < -0.3 is 15.2 Å². The SMILES string of the molecule is CNc1nc(NCc2ccon2)c2ccccc2n1. The zero-order chi connectivity index (χ0) is 13.1. The number of para-hydroxylation sites is 1. The highest BCUT2D eigenvalue weighted by Gasteiger charge is 2.06. The van der Waals surface area contributed by atoms with E-state index in [0.717, 1.165) is 22.4 Å². The van der Waals surface area contributed by atoms with Gasteiger partial charge in [0.2, 0.25) is 5.95 Å². The van der Waals surface area contributed by atoms with Crippen molar-refractivity contribution in [3.63, 3.8) is 0 Å². The van der Waals surface area contributed by atoms with Crippen molar-refractivity contribution < 1.29 is 4.52 Å². The van der Waals surface area contributed by atoms with Gasteiger partial charge in [-0.15, -0.1) is 0 Å². The number of anilines is 2. The van der Waals surface area contributed by atoms with Crippen molar-refractivity contribution in [2.75, 3.05) is 17.7 Å². The van der Waals surface area contributed by atoms with Crippen molar-refractivity contribution in [3.8, 4) is 0 Å². The largest absolute Gasteiger partial charge is 0.364 e. The molecule has 0 bridgehead atoms. The molecule has 3 rings (SSSR count). The number of hydrogen-bond donors (Lipinski definition) is 2. The Morgan fingerprint density at radius 2 is 2.05 bits per heavy atom. The molecule has 0 radical (unpaired) electrons. The van der Waals surface area contributed by atoms with E-state index in [1.165, 1.54) is 0 Å². The summed E-state index contributed by atoms with van der Waals surface area (Å²) in [7, 11) is 1.80. The molecule has 0 saturated heterocycles. The number of rotatable bonds is 4. The number of fused-ring (bicyclic) bond motifs is 1. The number of hydrogen-bond acceptors (Lipinski definition) is 6. The summed E-state index contributed by atoms with van der Waals surface area (Å²) in [6.07, 6.45) is 1.55. The molecule has 2 aromatic heterocycles. The van der Waals surface area contributed by atoms with Crippen LogP contribution in [0.4, 0.5) is 11.8 Å². The zero-order valence-corrected chi connectivity index (χ0v) is 10.4. The third-order valence-electron chi connectivity index (χ3n) is 2.76. The van der Waals surface area contributed by atoms with Gasteiger partial charge in [0, 0.05) is 18.5 Å². The van der Waals surface area contributed by atoms with Gasteiger partial charge in [-0.25, -0.2) is 4.98 Å². The Bertz CT molecular complexity index is 681. The van der Waals surface area contributed by atoms with E-state index in [1.54, 1.807) is 13.3 Å². The predicted octanol–water partition coefficient (Wildman–Crippen LogP) is 2.27. The molecular weight excluding hydrogens is 242 g/mol. The third kappa shape index (κ3) is 2.33.